The van der Waals surface area contributed by atoms with Crippen molar-refractivity contribution in [3.63, 3.8) is 0 Å². The second-order valence-corrected chi connectivity index (χ2v) is 3.57. The Kier molecular flexibility index (Phi) is 3.60. The summed E-state index contributed by atoms with van der Waals surface area (Å²) in [5, 5.41) is 0. The number of ether oxygens (including phenoxy) is 2. The third kappa shape index (κ3) is 2.97. The van der Waals surface area contributed by atoms with Gasteiger partial charge in [-0.3, -0.25) is 0 Å². The van der Waals surface area contributed by atoms with E-state index in [9.17, 15) is 4.39 Å². The monoisotopic (exact) mass is 232 g/mol. The van der Waals surface area contributed by atoms with Crippen LogP contribution >= 0.6 is 0 Å². The molecule has 0 N–H and O–H groups in total. The summed E-state index contributed by atoms with van der Waals surface area (Å²) in [6.45, 7) is 0.318. The summed E-state index contributed by atoms with van der Waals surface area (Å²) in [6, 6.07) is 13.7. The van der Waals surface area contributed by atoms with Gasteiger partial charge in [0.1, 0.15) is 12.4 Å². The van der Waals surface area contributed by atoms with Crippen molar-refractivity contribution < 1.29 is 13.9 Å². The Hall–Kier alpha value is -2.03. The molecule has 0 spiro atoms. The minimum Gasteiger partial charge on any atom is -0.493 e. The van der Waals surface area contributed by atoms with Crippen molar-refractivity contribution in [2.75, 3.05) is 7.11 Å². The fourth-order valence-electron chi connectivity index (χ4n) is 1.53. The molecule has 0 saturated carbocycles. The maximum atomic E-state index is 13.0. The van der Waals surface area contributed by atoms with Gasteiger partial charge in [-0.05, 0) is 29.8 Å². The Labute approximate surface area is 99.6 Å². The topological polar surface area (TPSA) is 18.5 Å². The molecule has 0 unspecified atom stereocenters. The van der Waals surface area contributed by atoms with Crippen LogP contribution < -0.4 is 9.47 Å². The van der Waals surface area contributed by atoms with E-state index in [1.165, 1.54) is 12.1 Å². The summed E-state index contributed by atoms with van der Waals surface area (Å²) < 4.78 is 23.7. The Bertz CT molecular complexity index is 497. The van der Waals surface area contributed by atoms with Gasteiger partial charge in [0.25, 0.3) is 0 Å². The molecule has 17 heavy (non-hydrogen) atoms. The quantitative estimate of drug-likeness (QED) is 0.804. The van der Waals surface area contributed by atoms with Crippen LogP contribution in [0.1, 0.15) is 5.56 Å². The van der Waals surface area contributed by atoms with Crippen molar-refractivity contribution in [1.29, 1.82) is 0 Å². The van der Waals surface area contributed by atoms with Crippen molar-refractivity contribution in [3.05, 3.63) is 59.9 Å². The van der Waals surface area contributed by atoms with E-state index in [-0.39, 0.29) is 5.82 Å². The Balaban J connectivity index is 2.07. The lowest BCUT2D eigenvalue weighted by molar-refractivity contribution is 0.284. The normalized spacial score (nSPS) is 10.0. The number of methoxy groups -OCH3 is 1. The molecule has 0 fully saturated rings. The standard InChI is InChI=1S/C14H13FO2/c1-16-13-7-2-3-8-14(13)17-10-11-5-4-6-12(15)9-11/h2-9H,10H2,1H3. The maximum Gasteiger partial charge on any atom is 0.161 e. The molecular formula is C14H13FO2. The molecule has 0 atom stereocenters. The molecule has 0 aromatic heterocycles. The van der Waals surface area contributed by atoms with Crippen LogP contribution in [0.5, 0.6) is 11.5 Å². The summed E-state index contributed by atoms with van der Waals surface area (Å²) in [5.41, 5.74) is 0.788. The van der Waals surface area contributed by atoms with Crippen molar-refractivity contribution in [2.24, 2.45) is 0 Å². The molecule has 0 aliphatic rings. The van der Waals surface area contributed by atoms with E-state index in [1.54, 1.807) is 13.2 Å². The summed E-state index contributed by atoms with van der Waals surface area (Å²) >= 11 is 0. The highest BCUT2D eigenvalue weighted by Crippen LogP contribution is 2.26. The fourth-order valence-corrected chi connectivity index (χ4v) is 1.53. The summed E-state index contributed by atoms with van der Waals surface area (Å²) in [6.07, 6.45) is 0. The first-order valence-corrected chi connectivity index (χ1v) is 5.30. The lowest BCUT2D eigenvalue weighted by Gasteiger charge is -2.10. The first-order valence-electron chi connectivity index (χ1n) is 5.30. The number of rotatable bonds is 4. The smallest absolute Gasteiger partial charge is 0.161 e. The molecule has 3 heteroatoms. The Morgan fingerprint density at radius 1 is 1.00 bits per heavy atom. The molecule has 0 aliphatic carbocycles. The lowest BCUT2D eigenvalue weighted by Crippen LogP contribution is -1.97. The van der Waals surface area contributed by atoms with Gasteiger partial charge in [0.05, 0.1) is 7.11 Å². The number of benzene rings is 2. The van der Waals surface area contributed by atoms with Gasteiger partial charge in [0.2, 0.25) is 0 Å². The average Bonchev–Trinajstić information content (AvgIpc) is 2.37. The van der Waals surface area contributed by atoms with Crippen LogP contribution in [-0.4, -0.2) is 7.11 Å². The Morgan fingerprint density at radius 3 is 2.47 bits per heavy atom. The zero-order valence-electron chi connectivity index (χ0n) is 9.52. The predicted octanol–water partition coefficient (Wildman–Crippen LogP) is 3.41. The van der Waals surface area contributed by atoms with Gasteiger partial charge in [0, 0.05) is 0 Å². The zero-order valence-corrected chi connectivity index (χ0v) is 9.52. The highest BCUT2D eigenvalue weighted by atomic mass is 19.1. The molecule has 0 aliphatic heterocycles. The van der Waals surface area contributed by atoms with E-state index in [2.05, 4.69) is 0 Å². The maximum absolute atomic E-state index is 13.0. The minimum atomic E-state index is -0.258. The van der Waals surface area contributed by atoms with Gasteiger partial charge in [0.15, 0.2) is 11.5 Å². The van der Waals surface area contributed by atoms with Gasteiger partial charge >= 0.3 is 0 Å². The van der Waals surface area contributed by atoms with E-state index in [0.717, 1.165) is 5.56 Å². The summed E-state index contributed by atoms with van der Waals surface area (Å²) in [7, 11) is 1.59. The van der Waals surface area contributed by atoms with Crippen LogP contribution in [0.3, 0.4) is 0 Å². The molecule has 0 bridgehead atoms. The predicted molar refractivity (Wildman–Crippen MR) is 63.7 cm³/mol. The van der Waals surface area contributed by atoms with Gasteiger partial charge in [-0.1, -0.05) is 24.3 Å². The van der Waals surface area contributed by atoms with Gasteiger partial charge < -0.3 is 9.47 Å². The molecular weight excluding hydrogens is 219 g/mol. The lowest BCUT2D eigenvalue weighted by atomic mass is 10.2. The second-order valence-electron chi connectivity index (χ2n) is 3.57. The van der Waals surface area contributed by atoms with Crippen molar-refractivity contribution >= 4 is 0 Å². The van der Waals surface area contributed by atoms with Gasteiger partial charge in [-0.25, -0.2) is 4.39 Å². The zero-order chi connectivity index (χ0) is 12.1. The minimum absolute atomic E-state index is 0.258. The third-order valence-corrected chi connectivity index (χ3v) is 2.35. The molecule has 0 saturated heterocycles. The molecule has 88 valence electrons. The first kappa shape index (κ1) is 11.5. The van der Waals surface area contributed by atoms with Crippen LogP contribution in [0.25, 0.3) is 0 Å². The first-order chi connectivity index (χ1) is 8.29. The summed E-state index contributed by atoms with van der Waals surface area (Å²) in [5.74, 6) is 1.06. The number of para-hydroxylation sites is 2. The van der Waals surface area contributed by atoms with Crippen molar-refractivity contribution in [2.45, 2.75) is 6.61 Å². The third-order valence-electron chi connectivity index (χ3n) is 2.35. The van der Waals surface area contributed by atoms with Crippen molar-refractivity contribution in [1.82, 2.24) is 0 Å². The van der Waals surface area contributed by atoms with E-state index in [4.69, 9.17) is 9.47 Å². The average molecular weight is 232 g/mol. The highest BCUT2D eigenvalue weighted by molar-refractivity contribution is 5.39. The molecule has 2 nitrogen and oxygen atoms in total. The van der Waals surface area contributed by atoms with Crippen molar-refractivity contribution in [3.8, 4) is 11.5 Å². The fraction of sp³-hybridized carbons (Fsp3) is 0.143. The molecule has 2 rings (SSSR count). The van der Waals surface area contributed by atoms with Crippen LogP contribution in [0, 0.1) is 5.82 Å². The molecule has 0 heterocycles. The number of halogens is 1. The Morgan fingerprint density at radius 2 is 1.76 bits per heavy atom. The van der Waals surface area contributed by atoms with Gasteiger partial charge in [-0.15, -0.1) is 0 Å². The molecule has 0 radical (unpaired) electrons. The largest absolute Gasteiger partial charge is 0.493 e. The van der Waals surface area contributed by atoms with E-state index >= 15 is 0 Å². The number of hydrogen-bond acceptors (Lipinski definition) is 2. The molecule has 0 amide bonds. The van der Waals surface area contributed by atoms with Gasteiger partial charge in [-0.2, -0.15) is 0 Å². The van der Waals surface area contributed by atoms with E-state index < -0.39 is 0 Å². The van der Waals surface area contributed by atoms with Crippen LogP contribution in [0.4, 0.5) is 4.39 Å². The number of hydrogen-bond donors (Lipinski definition) is 0. The highest BCUT2D eigenvalue weighted by Gasteiger charge is 2.03. The summed E-state index contributed by atoms with van der Waals surface area (Å²) in [4.78, 5) is 0. The van der Waals surface area contributed by atoms with Crippen LogP contribution in [0.15, 0.2) is 48.5 Å². The van der Waals surface area contributed by atoms with E-state index in [0.29, 0.717) is 18.1 Å². The SMILES string of the molecule is COc1ccccc1OCc1cccc(F)c1. The van der Waals surface area contributed by atoms with Crippen LogP contribution in [-0.2, 0) is 6.61 Å². The molecule has 2 aromatic rings. The second kappa shape index (κ2) is 5.34. The van der Waals surface area contributed by atoms with E-state index in [1.807, 2.05) is 30.3 Å². The molecule has 2 aromatic carbocycles. The van der Waals surface area contributed by atoms with Crippen LogP contribution in [0.2, 0.25) is 0 Å².